The minimum Gasteiger partial charge on any atom is -0.467 e. The van der Waals surface area contributed by atoms with Crippen LogP contribution in [0.25, 0.3) is 23.1 Å². The number of benzene rings is 2. The third-order valence-electron chi connectivity index (χ3n) is 4.13. The molecule has 0 bridgehead atoms. The monoisotopic (exact) mass is 394 g/mol. The fourth-order valence-corrected chi connectivity index (χ4v) is 2.64. The molecule has 1 heterocycles. The van der Waals surface area contributed by atoms with E-state index in [2.05, 4.69) is 20.0 Å². The largest absolute Gasteiger partial charge is 0.467 e. The van der Waals surface area contributed by atoms with Crippen molar-refractivity contribution < 1.29 is 19.6 Å². The number of nitro benzene ring substituents is 1. The zero-order valence-electron chi connectivity index (χ0n) is 15.5. The maximum absolute atomic E-state index is 11.8. The first-order valence-corrected chi connectivity index (χ1v) is 8.66. The molecule has 0 aliphatic carbocycles. The number of aromatic nitrogens is 2. The second kappa shape index (κ2) is 8.89. The molecule has 29 heavy (non-hydrogen) atoms. The van der Waals surface area contributed by atoms with E-state index >= 15 is 0 Å². The summed E-state index contributed by atoms with van der Waals surface area (Å²) in [6.07, 6.45) is 3.38. The fraction of sp³-hybridized carbons (Fsp3) is 0.150. The number of para-hydroxylation sites is 1. The van der Waals surface area contributed by atoms with Crippen LogP contribution in [0.15, 0.2) is 48.5 Å². The molecule has 9 nitrogen and oxygen atoms in total. The molecule has 0 radical (unpaired) electrons. The first-order chi connectivity index (χ1) is 14.0. The lowest BCUT2D eigenvalue weighted by atomic mass is 10.2. The number of methoxy groups -OCH3 is 1. The van der Waals surface area contributed by atoms with E-state index in [1.807, 2.05) is 12.1 Å². The summed E-state index contributed by atoms with van der Waals surface area (Å²) >= 11 is 0. The number of carbonyl (C=O) groups is 1. The number of anilines is 1. The average molecular weight is 394 g/mol. The van der Waals surface area contributed by atoms with Crippen LogP contribution in [0.4, 0.5) is 11.5 Å². The maximum Gasteiger partial charge on any atom is 0.330 e. The highest BCUT2D eigenvalue weighted by atomic mass is 16.6. The molecule has 0 spiro atoms. The highest BCUT2D eigenvalue weighted by molar-refractivity contribution is 5.92. The first kappa shape index (κ1) is 19.9. The normalized spacial score (nSPS) is 12.1. The van der Waals surface area contributed by atoms with Gasteiger partial charge in [-0.2, -0.15) is 0 Å². The minimum atomic E-state index is -0.968. The Morgan fingerprint density at radius 2 is 1.93 bits per heavy atom. The van der Waals surface area contributed by atoms with Crippen molar-refractivity contribution in [2.24, 2.45) is 0 Å². The summed E-state index contributed by atoms with van der Waals surface area (Å²) in [4.78, 5) is 31.0. The van der Waals surface area contributed by atoms with Crippen LogP contribution < -0.4 is 5.32 Å². The Morgan fingerprint density at radius 3 is 2.59 bits per heavy atom. The summed E-state index contributed by atoms with van der Waals surface area (Å²) in [5.74, 6) is 0.132. The predicted molar refractivity (Wildman–Crippen MR) is 108 cm³/mol. The summed E-state index contributed by atoms with van der Waals surface area (Å²) in [5.41, 5.74) is 1.40. The maximum atomic E-state index is 11.8. The standard InChI is InChI=1S/C20H18N4O5/c1-29-20(26)17(12-25)22-19-15-4-2-3-5-16(15)21-18(23-19)11-8-13-6-9-14(10-7-13)24(27)28/h2-11,17,25H,12H2,1H3,(H,21,22,23)/b11-8+/t17-/m0/s1. The van der Waals surface area contributed by atoms with Crippen LogP contribution in [0.2, 0.25) is 0 Å². The van der Waals surface area contributed by atoms with Crippen molar-refractivity contribution >= 4 is 40.5 Å². The third kappa shape index (κ3) is 4.71. The number of non-ortho nitro benzene ring substituents is 1. The predicted octanol–water partition coefficient (Wildman–Crippen LogP) is 2.65. The SMILES string of the molecule is COC(=O)[C@H](CO)Nc1nc(/C=C/c2ccc([N+](=O)[O-])cc2)nc2ccccc12. The number of ether oxygens (including phenoxy) is 1. The van der Waals surface area contributed by atoms with Crippen molar-refractivity contribution in [3.05, 3.63) is 70.0 Å². The van der Waals surface area contributed by atoms with Crippen LogP contribution in [-0.4, -0.2) is 45.7 Å². The third-order valence-corrected chi connectivity index (χ3v) is 4.13. The summed E-state index contributed by atoms with van der Waals surface area (Å²) in [5, 5.41) is 23.8. The van der Waals surface area contributed by atoms with Crippen LogP contribution in [0.3, 0.4) is 0 Å². The number of esters is 1. The van der Waals surface area contributed by atoms with Gasteiger partial charge in [0.15, 0.2) is 5.82 Å². The van der Waals surface area contributed by atoms with E-state index in [1.165, 1.54) is 19.2 Å². The van der Waals surface area contributed by atoms with E-state index in [1.54, 1.807) is 36.4 Å². The molecule has 0 unspecified atom stereocenters. The topological polar surface area (TPSA) is 127 Å². The summed E-state index contributed by atoms with van der Waals surface area (Å²) < 4.78 is 4.68. The number of rotatable bonds is 7. The molecule has 0 saturated heterocycles. The Hall–Kier alpha value is -3.85. The van der Waals surface area contributed by atoms with Crippen LogP contribution in [-0.2, 0) is 9.53 Å². The smallest absolute Gasteiger partial charge is 0.330 e. The molecule has 2 aromatic carbocycles. The number of carbonyl (C=O) groups excluding carboxylic acids is 1. The Labute approximate surface area is 165 Å². The van der Waals surface area contributed by atoms with E-state index in [-0.39, 0.29) is 5.69 Å². The number of nitrogens with one attached hydrogen (secondary N) is 1. The lowest BCUT2D eigenvalue weighted by molar-refractivity contribution is -0.384. The van der Waals surface area contributed by atoms with Gasteiger partial charge in [-0.15, -0.1) is 0 Å². The zero-order valence-corrected chi connectivity index (χ0v) is 15.5. The summed E-state index contributed by atoms with van der Waals surface area (Å²) in [6, 6.07) is 12.3. The van der Waals surface area contributed by atoms with Gasteiger partial charge in [0, 0.05) is 17.5 Å². The molecule has 0 aliphatic heterocycles. The molecule has 1 atom stereocenters. The van der Waals surface area contributed by atoms with Crippen LogP contribution >= 0.6 is 0 Å². The van der Waals surface area contributed by atoms with Gasteiger partial charge in [0.25, 0.3) is 5.69 Å². The fourth-order valence-electron chi connectivity index (χ4n) is 2.64. The van der Waals surface area contributed by atoms with Gasteiger partial charge >= 0.3 is 5.97 Å². The quantitative estimate of drug-likeness (QED) is 0.356. The highest BCUT2D eigenvalue weighted by Crippen LogP contribution is 2.22. The highest BCUT2D eigenvalue weighted by Gasteiger charge is 2.20. The molecule has 3 aromatic rings. The van der Waals surface area contributed by atoms with E-state index < -0.39 is 23.5 Å². The lowest BCUT2D eigenvalue weighted by Crippen LogP contribution is -2.34. The van der Waals surface area contributed by atoms with Crippen LogP contribution in [0.5, 0.6) is 0 Å². The molecule has 0 saturated carbocycles. The number of aliphatic hydroxyl groups excluding tert-OH is 1. The van der Waals surface area contributed by atoms with Crippen molar-refractivity contribution in [2.75, 3.05) is 19.0 Å². The van der Waals surface area contributed by atoms with Crippen molar-refractivity contribution in [1.29, 1.82) is 0 Å². The molecule has 3 rings (SSSR count). The molecular formula is C20H18N4O5. The number of nitro groups is 1. The van der Waals surface area contributed by atoms with Crippen molar-refractivity contribution in [3.63, 3.8) is 0 Å². The molecule has 0 fully saturated rings. The van der Waals surface area contributed by atoms with Gasteiger partial charge in [0.1, 0.15) is 11.9 Å². The Bertz CT molecular complexity index is 1070. The van der Waals surface area contributed by atoms with E-state index in [9.17, 15) is 20.0 Å². The first-order valence-electron chi connectivity index (χ1n) is 8.66. The minimum absolute atomic E-state index is 0.00782. The summed E-state index contributed by atoms with van der Waals surface area (Å²) in [7, 11) is 1.24. The average Bonchev–Trinajstić information content (AvgIpc) is 2.75. The second-order valence-corrected chi connectivity index (χ2v) is 6.03. The summed E-state index contributed by atoms with van der Waals surface area (Å²) in [6.45, 7) is -0.459. The van der Waals surface area contributed by atoms with Gasteiger partial charge in [-0.1, -0.05) is 18.2 Å². The number of fused-ring (bicyclic) bond motifs is 1. The zero-order chi connectivity index (χ0) is 20.8. The van der Waals surface area contributed by atoms with Crippen LogP contribution in [0, 0.1) is 10.1 Å². The molecule has 0 amide bonds. The van der Waals surface area contributed by atoms with Crippen molar-refractivity contribution in [2.45, 2.75) is 6.04 Å². The van der Waals surface area contributed by atoms with Gasteiger partial charge in [-0.25, -0.2) is 14.8 Å². The van der Waals surface area contributed by atoms with Crippen molar-refractivity contribution in [1.82, 2.24) is 9.97 Å². The van der Waals surface area contributed by atoms with E-state index in [0.717, 1.165) is 5.56 Å². The van der Waals surface area contributed by atoms with Gasteiger partial charge in [-0.05, 0) is 35.9 Å². The number of nitrogens with zero attached hydrogens (tertiary/aromatic N) is 3. The number of hydrogen-bond acceptors (Lipinski definition) is 8. The van der Waals surface area contributed by atoms with Crippen LogP contribution in [0.1, 0.15) is 11.4 Å². The number of hydrogen-bond donors (Lipinski definition) is 2. The molecular weight excluding hydrogens is 376 g/mol. The second-order valence-electron chi connectivity index (χ2n) is 6.03. The van der Waals surface area contributed by atoms with E-state index in [4.69, 9.17) is 0 Å². The molecule has 148 valence electrons. The molecule has 9 heteroatoms. The Morgan fingerprint density at radius 1 is 1.21 bits per heavy atom. The lowest BCUT2D eigenvalue weighted by Gasteiger charge is -2.16. The molecule has 0 aliphatic rings. The van der Waals surface area contributed by atoms with Crippen molar-refractivity contribution in [3.8, 4) is 0 Å². The van der Waals surface area contributed by atoms with Gasteiger partial charge in [0.05, 0.1) is 24.2 Å². The van der Waals surface area contributed by atoms with Gasteiger partial charge < -0.3 is 15.2 Å². The molecule has 1 aromatic heterocycles. The van der Waals surface area contributed by atoms with E-state index in [0.29, 0.717) is 22.5 Å². The number of aliphatic hydroxyl groups is 1. The van der Waals surface area contributed by atoms with Gasteiger partial charge in [-0.3, -0.25) is 10.1 Å². The van der Waals surface area contributed by atoms with Gasteiger partial charge in [0.2, 0.25) is 0 Å². The Kier molecular flexibility index (Phi) is 6.10. The Balaban J connectivity index is 1.94. The molecule has 2 N–H and O–H groups in total.